The molecule has 1 atom stereocenters. The van der Waals surface area contributed by atoms with Gasteiger partial charge in [0.25, 0.3) is 0 Å². The van der Waals surface area contributed by atoms with Crippen molar-refractivity contribution in [2.45, 2.75) is 69.7 Å². The zero-order valence-electron chi connectivity index (χ0n) is 14.9. The molecule has 0 aromatic heterocycles. The van der Waals surface area contributed by atoms with E-state index in [0.29, 0.717) is 6.04 Å². The Kier molecular flexibility index (Phi) is 4.31. The van der Waals surface area contributed by atoms with Gasteiger partial charge in [-0.2, -0.15) is 0 Å². The van der Waals surface area contributed by atoms with Gasteiger partial charge in [0.1, 0.15) is 11.4 Å². The van der Waals surface area contributed by atoms with E-state index in [-0.39, 0.29) is 11.2 Å². The van der Waals surface area contributed by atoms with E-state index in [1.165, 1.54) is 11.1 Å². The summed E-state index contributed by atoms with van der Waals surface area (Å²) in [6.07, 6.45) is 5.28. The van der Waals surface area contributed by atoms with E-state index in [1.54, 1.807) is 0 Å². The number of hydrogen-bond donors (Lipinski definition) is 1. The topological polar surface area (TPSA) is 39.7 Å². The van der Waals surface area contributed by atoms with Crippen molar-refractivity contribution >= 4 is 0 Å². The molecule has 0 unspecified atom stereocenters. The van der Waals surface area contributed by atoms with Crippen LogP contribution in [0.2, 0.25) is 0 Å². The molecule has 4 nitrogen and oxygen atoms in total. The molecule has 2 saturated heterocycles. The van der Waals surface area contributed by atoms with Gasteiger partial charge in [0, 0.05) is 38.8 Å². The number of benzene rings is 1. The Bertz CT molecular complexity index is 587. The highest BCUT2D eigenvalue weighted by Gasteiger charge is 2.38. The van der Waals surface area contributed by atoms with Crippen LogP contribution in [-0.4, -0.2) is 37.1 Å². The van der Waals surface area contributed by atoms with E-state index in [1.807, 2.05) is 0 Å². The van der Waals surface area contributed by atoms with Gasteiger partial charge in [-0.3, -0.25) is 0 Å². The molecular formula is C20H29NO3. The first-order chi connectivity index (χ1) is 11.5. The van der Waals surface area contributed by atoms with E-state index in [4.69, 9.17) is 14.2 Å². The second-order valence-corrected chi connectivity index (χ2v) is 8.20. The van der Waals surface area contributed by atoms with Crippen LogP contribution >= 0.6 is 0 Å². The van der Waals surface area contributed by atoms with Crippen molar-refractivity contribution in [2.75, 3.05) is 19.8 Å². The molecule has 1 aromatic carbocycles. The van der Waals surface area contributed by atoms with Crippen molar-refractivity contribution in [1.82, 2.24) is 5.32 Å². The summed E-state index contributed by atoms with van der Waals surface area (Å²) in [5.41, 5.74) is 2.68. The first-order valence-electron chi connectivity index (χ1n) is 9.30. The lowest BCUT2D eigenvalue weighted by Gasteiger charge is -2.43. The maximum atomic E-state index is 6.14. The van der Waals surface area contributed by atoms with Crippen LogP contribution in [0.5, 0.6) is 5.75 Å². The molecule has 132 valence electrons. The van der Waals surface area contributed by atoms with Gasteiger partial charge in [-0.05, 0) is 56.7 Å². The third kappa shape index (κ3) is 3.46. The van der Waals surface area contributed by atoms with Crippen molar-refractivity contribution in [1.29, 1.82) is 0 Å². The Labute approximate surface area is 144 Å². The Hall–Kier alpha value is -1.10. The summed E-state index contributed by atoms with van der Waals surface area (Å²) in [5, 5.41) is 3.76. The highest BCUT2D eigenvalue weighted by Crippen LogP contribution is 2.36. The Balaban J connectivity index is 1.35. The lowest BCUT2D eigenvalue weighted by molar-refractivity contribution is -0.140. The second-order valence-electron chi connectivity index (χ2n) is 8.20. The molecule has 3 aliphatic heterocycles. The molecule has 24 heavy (non-hydrogen) atoms. The summed E-state index contributed by atoms with van der Waals surface area (Å²) in [4.78, 5) is 0. The first kappa shape index (κ1) is 16.4. The molecular weight excluding hydrogens is 302 g/mol. The zero-order valence-corrected chi connectivity index (χ0v) is 14.9. The quantitative estimate of drug-likeness (QED) is 0.923. The molecule has 0 saturated carbocycles. The van der Waals surface area contributed by atoms with Crippen LogP contribution in [0.25, 0.3) is 0 Å². The number of hydrogen-bond acceptors (Lipinski definition) is 4. The Morgan fingerprint density at radius 1 is 1.17 bits per heavy atom. The van der Waals surface area contributed by atoms with Gasteiger partial charge in [0.2, 0.25) is 0 Å². The fourth-order valence-corrected chi connectivity index (χ4v) is 4.33. The third-order valence-corrected chi connectivity index (χ3v) is 5.62. The predicted molar refractivity (Wildman–Crippen MR) is 93.5 cm³/mol. The van der Waals surface area contributed by atoms with Crippen LogP contribution in [-0.2, 0) is 22.4 Å². The van der Waals surface area contributed by atoms with Crippen molar-refractivity contribution in [3.8, 4) is 5.75 Å². The van der Waals surface area contributed by atoms with E-state index >= 15 is 0 Å². The summed E-state index contributed by atoms with van der Waals surface area (Å²) < 4.78 is 17.6. The Morgan fingerprint density at radius 2 is 2.00 bits per heavy atom. The molecule has 1 aromatic rings. The minimum atomic E-state index is -0.0650. The van der Waals surface area contributed by atoms with E-state index in [2.05, 4.69) is 37.4 Å². The van der Waals surface area contributed by atoms with E-state index < -0.39 is 0 Å². The van der Waals surface area contributed by atoms with Gasteiger partial charge in [-0.15, -0.1) is 0 Å². The summed E-state index contributed by atoms with van der Waals surface area (Å²) >= 11 is 0. The average Bonchev–Trinajstić information content (AvgIpc) is 2.87. The molecule has 1 spiro atoms. The van der Waals surface area contributed by atoms with Crippen LogP contribution in [0.3, 0.4) is 0 Å². The lowest BCUT2D eigenvalue weighted by atomic mass is 9.84. The fourth-order valence-electron chi connectivity index (χ4n) is 4.33. The maximum Gasteiger partial charge on any atom is 0.123 e. The standard InChI is InChI=1S/C20H29NO3/c1-19(2)12-16-11-15(3-4-18(16)24-19)14-21-17-5-8-23-20(13-17)6-9-22-10-7-20/h3-4,11,17,21H,5-10,12-14H2,1-2H3/t17-/m1/s1. The molecule has 0 amide bonds. The van der Waals surface area contributed by atoms with Gasteiger partial charge in [0.05, 0.1) is 5.60 Å². The van der Waals surface area contributed by atoms with Crippen molar-refractivity contribution in [2.24, 2.45) is 0 Å². The number of nitrogens with one attached hydrogen (secondary N) is 1. The van der Waals surface area contributed by atoms with Crippen molar-refractivity contribution in [3.05, 3.63) is 29.3 Å². The third-order valence-electron chi connectivity index (χ3n) is 5.62. The van der Waals surface area contributed by atoms with Gasteiger partial charge in [-0.1, -0.05) is 12.1 Å². The minimum Gasteiger partial charge on any atom is -0.487 e. The Morgan fingerprint density at radius 3 is 2.83 bits per heavy atom. The van der Waals surface area contributed by atoms with Gasteiger partial charge < -0.3 is 19.5 Å². The smallest absolute Gasteiger partial charge is 0.123 e. The van der Waals surface area contributed by atoms with Gasteiger partial charge in [0.15, 0.2) is 0 Å². The van der Waals surface area contributed by atoms with Crippen molar-refractivity contribution in [3.63, 3.8) is 0 Å². The van der Waals surface area contributed by atoms with Crippen molar-refractivity contribution < 1.29 is 14.2 Å². The molecule has 1 N–H and O–H groups in total. The SMILES string of the molecule is CC1(C)Cc2cc(CN[C@@H]3CCOC4(CCOCC4)C3)ccc2O1. The molecule has 0 radical (unpaired) electrons. The first-order valence-corrected chi connectivity index (χ1v) is 9.30. The second kappa shape index (κ2) is 6.32. The van der Waals surface area contributed by atoms with Crippen LogP contribution in [0, 0.1) is 0 Å². The van der Waals surface area contributed by atoms with E-state index in [0.717, 1.165) is 64.2 Å². The summed E-state index contributed by atoms with van der Waals surface area (Å²) in [7, 11) is 0. The minimum absolute atomic E-state index is 0.0595. The average molecular weight is 331 g/mol. The maximum absolute atomic E-state index is 6.14. The summed E-state index contributed by atoms with van der Waals surface area (Å²) in [6.45, 7) is 7.77. The van der Waals surface area contributed by atoms with Crippen LogP contribution < -0.4 is 10.1 Å². The zero-order chi connectivity index (χ0) is 16.6. The van der Waals surface area contributed by atoms with Crippen LogP contribution in [0.1, 0.15) is 50.7 Å². The summed E-state index contributed by atoms with van der Waals surface area (Å²) in [5.74, 6) is 1.05. The molecule has 0 bridgehead atoms. The molecule has 4 rings (SSSR count). The normalized spacial score (nSPS) is 27.7. The monoisotopic (exact) mass is 331 g/mol. The predicted octanol–water partition coefficient (Wildman–Crippen LogP) is 3.22. The van der Waals surface area contributed by atoms with Crippen LogP contribution in [0.15, 0.2) is 18.2 Å². The lowest BCUT2D eigenvalue weighted by Crippen LogP contribution is -2.49. The molecule has 2 fully saturated rings. The number of rotatable bonds is 3. The van der Waals surface area contributed by atoms with Gasteiger partial charge in [-0.25, -0.2) is 0 Å². The molecule has 3 heterocycles. The summed E-state index contributed by atoms with van der Waals surface area (Å²) in [6, 6.07) is 7.17. The fraction of sp³-hybridized carbons (Fsp3) is 0.700. The number of ether oxygens (including phenoxy) is 3. The molecule has 3 aliphatic rings. The molecule has 0 aliphatic carbocycles. The van der Waals surface area contributed by atoms with Crippen LogP contribution in [0.4, 0.5) is 0 Å². The highest BCUT2D eigenvalue weighted by molar-refractivity contribution is 5.41. The highest BCUT2D eigenvalue weighted by atomic mass is 16.5. The largest absolute Gasteiger partial charge is 0.487 e. The van der Waals surface area contributed by atoms with Gasteiger partial charge >= 0.3 is 0 Å². The number of fused-ring (bicyclic) bond motifs is 1. The van der Waals surface area contributed by atoms with E-state index in [9.17, 15) is 0 Å². The molecule has 4 heteroatoms.